The fourth-order valence-electron chi connectivity index (χ4n) is 9.19. The number of nitrogens with one attached hydrogen (secondary N) is 5. The van der Waals surface area contributed by atoms with Gasteiger partial charge in [0.15, 0.2) is 5.60 Å². The highest BCUT2D eigenvalue weighted by atomic mass is 16.6. The van der Waals surface area contributed by atoms with E-state index in [0.717, 1.165) is 11.1 Å². The van der Waals surface area contributed by atoms with Gasteiger partial charge in [0.2, 0.25) is 23.4 Å². The molecule has 3 heterocycles. The molecule has 3 aliphatic heterocycles. The number of nitrogens with zero attached hydrogens (tertiary/aromatic N) is 2. The molecule has 4 atom stereocenters. The van der Waals surface area contributed by atoms with Crippen molar-refractivity contribution in [2.24, 2.45) is 10.9 Å². The quantitative estimate of drug-likeness (QED) is 0.0147. The van der Waals surface area contributed by atoms with Crippen molar-refractivity contribution in [1.29, 1.82) is 0 Å². The Morgan fingerprint density at radius 3 is 2.12 bits per heavy atom. The molecule has 2 unspecified atom stereocenters. The Kier molecular flexibility index (Phi) is 16.9. The standard InChI is InChI=1S/C57H61N7O12/c1-35(2)47(60-55(71)76-56(3,4)5)49(66)48(65)44-26-17-31-64(44)63-43(25-16-30-58-52(61-53(69)72-33-36-18-8-6-9-19-36)62-54(70)73-34-37-20-10-7-11-21-37)50(67)59-38-28-29-42-46(32-38)74-45-27-15-14-24-41(45)57(42)40-23-13-12-22-39(40)51(68)75-57/h6-15,18-24,27-29,32,35,43-44,47,63H,16-17,25-26,30-31,33-34H2,1-5H3,(H,59,67)(H,60,71)(H2,58,61,62,69,70)/t43?,44-,47-,57?/m0/s1. The Bertz CT molecular complexity index is 3000. The zero-order valence-electron chi connectivity index (χ0n) is 42.9. The van der Waals surface area contributed by atoms with Gasteiger partial charge >= 0.3 is 24.2 Å². The summed E-state index contributed by atoms with van der Waals surface area (Å²) in [5.74, 6) is -2.50. The number of amides is 4. The lowest BCUT2D eigenvalue weighted by Crippen LogP contribution is -2.57. The summed E-state index contributed by atoms with van der Waals surface area (Å²) in [5.41, 5.74) is 5.11. The highest BCUT2D eigenvalue weighted by Crippen LogP contribution is 2.56. The SMILES string of the molecule is CC(C)[C@H](NC(=O)OC(C)(C)C)C(=O)C(=O)[C@@H]1CCCN1NC(CCCN/C(=N/C(=O)OCc1ccccc1)NC(=O)OCc1ccccc1)C(=O)Nc1ccc2c(c1)Oc1ccccc1C21OC(=O)c2ccccc21. The van der Waals surface area contributed by atoms with Crippen LogP contribution < -0.4 is 31.4 Å². The first kappa shape index (κ1) is 53.9. The minimum absolute atomic E-state index is 0.0524. The minimum atomic E-state index is -1.32. The molecule has 8 rings (SSSR count). The monoisotopic (exact) mass is 1040 g/mol. The third-order valence-electron chi connectivity index (χ3n) is 12.7. The largest absolute Gasteiger partial charge is 0.456 e. The lowest BCUT2D eigenvalue weighted by molar-refractivity contribution is -0.142. The lowest BCUT2D eigenvalue weighted by Gasteiger charge is -2.36. The number of hydrazine groups is 1. The number of alkyl carbamates (subject to hydrolysis) is 2. The van der Waals surface area contributed by atoms with Crippen molar-refractivity contribution in [3.05, 3.63) is 161 Å². The number of guanidine groups is 1. The van der Waals surface area contributed by atoms with Crippen molar-refractivity contribution in [3.63, 3.8) is 0 Å². The van der Waals surface area contributed by atoms with E-state index in [1.807, 2.05) is 42.5 Å². The molecule has 1 spiro atoms. The molecular weight excluding hydrogens is 975 g/mol. The Labute approximate surface area is 440 Å². The van der Waals surface area contributed by atoms with Crippen LogP contribution in [0, 0.1) is 5.92 Å². The highest BCUT2D eigenvalue weighted by molar-refractivity contribution is 6.41. The number of carbonyl (C=O) groups excluding carboxylic acids is 7. The predicted molar refractivity (Wildman–Crippen MR) is 279 cm³/mol. The molecule has 5 aromatic rings. The summed E-state index contributed by atoms with van der Waals surface area (Å²) in [5, 5.41) is 12.6. The first-order valence-electron chi connectivity index (χ1n) is 25.2. The van der Waals surface area contributed by atoms with Gasteiger partial charge in [-0.15, -0.1) is 4.99 Å². The zero-order chi connectivity index (χ0) is 54.0. The van der Waals surface area contributed by atoms with Gasteiger partial charge in [0, 0.05) is 41.5 Å². The van der Waals surface area contributed by atoms with E-state index in [-0.39, 0.29) is 45.0 Å². The van der Waals surface area contributed by atoms with Crippen LogP contribution in [-0.4, -0.2) is 89.5 Å². The number of carbonyl (C=O) groups is 7. The van der Waals surface area contributed by atoms with Crippen molar-refractivity contribution in [1.82, 2.24) is 26.4 Å². The smallest absolute Gasteiger partial charge is 0.437 e. The third-order valence-corrected chi connectivity index (χ3v) is 12.7. The topological polar surface area (TPSA) is 241 Å². The number of aliphatic imine (C=N–C) groups is 1. The van der Waals surface area contributed by atoms with Gasteiger partial charge in [-0.2, -0.15) is 0 Å². The van der Waals surface area contributed by atoms with Gasteiger partial charge in [0.05, 0.1) is 11.6 Å². The van der Waals surface area contributed by atoms with E-state index in [9.17, 15) is 33.6 Å². The first-order chi connectivity index (χ1) is 36.5. The van der Waals surface area contributed by atoms with Gasteiger partial charge < -0.3 is 39.6 Å². The number of ether oxygens (including phenoxy) is 5. The molecule has 76 heavy (non-hydrogen) atoms. The number of anilines is 1. The Morgan fingerprint density at radius 2 is 1.42 bits per heavy atom. The average molecular weight is 1040 g/mol. The average Bonchev–Trinajstić information content (AvgIpc) is 4.09. The molecule has 0 saturated carbocycles. The maximum atomic E-state index is 14.7. The number of rotatable bonds is 17. The molecule has 5 aromatic carbocycles. The Morgan fingerprint density at radius 1 is 0.776 bits per heavy atom. The Balaban J connectivity index is 1.02. The molecule has 3 aliphatic rings. The van der Waals surface area contributed by atoms with Crippen molar-refractivity contribution in [2.75, 3.05) is 18.4 Å². The molecule has 19 nitrogen and oxygen atoms in total. The van der Waals surface area contributed by atoms with Crippen LogP contribution in [0.15, 0.2) is 132 Å². The number of esters is 1. The molecule has 5 N–H and O–H groups in total. The normalized spacial score (nSPS) is 17.4. The number of hydrogen-bond acceptors (Lipinski definition) is 14. The second-order valence-corrected chi connectivity index (χ2v) is 19.8. The predicted octanol–water partition coefficient (Wildman–Crippen LogP) is 8.21. The Hall–Kier alpha value is -8.42. The maximum Gasteiger partial charge on any atom is 0.437 e. The summed E-state index contributed by atoms with van der Waals surface area (Å²) in [6.45, 7) is 8.70. The number of ketones is 2. The van der Waals surface area contributed by atoms with Crippen LogP contribution in [0.3, 0.4) is 0 Å². The first-order valence-corrected chi connectivity index (χ1v) is 25.2. The van der Waals surface area contributed by atoms with Crippen LogP contribution in [0.4, 0.5) is 20.1 Å². The molecule has 4 amide bonds. The maximum absolute atomic E-state index is 14.7. The van der Waals surface area contributed by atoms with Gasteiger partial charge in [0.25, 0.3) is 0 Å². The molecule has 0 bridgehead atoms. The second-order valence-electron chi connectivity index (χ2n) is 19.8. The minimum Gasteiger partial charge on any atom is -0.456 e. The second kappa shape index (κ2) is 23.8. The fourth-order valence-corrected chi connectivity index (χ4v) is 9.19. The highest BCUT2D eigenvalue weighted by Gasteiger charge is 2.53. The van der Waals surface area contributed by atoms with Crippen LogP contribution in [-0.2, 0) is 52.1 Å². The third kappa shape index (κ3) is 12.9. The van der Waals surface area contributed by atoms with Crippen molar-refractivity contribution < 1.29 is 57.2 Å². The summed E-state index contributed by atoms with van der Waals surface area (Å²) in [7, 11) is 0. The fraction of sp³-hybridized carbons (Fsp3) is 0.333. The molecular formula is C57H61N7O12. The number of Topliss-reactive ketones (excluding diaryl/α,β-unsaturated/α-hetero) is 2. The number of fused-ring (bicyclic) bond motifs is 6. The van der Waals surface area contributed by atoms with Crippen LogP contribution in [0.1, 0.15) is 98.5 Å². The molecule has 19 heteroatoms. The summed E-state index contributed by atoms with van der Waals surface area (Å²) in [4.78, 5) is 98.9. The van der Waals surface area contributed by atoms with E-state index < -0.39 is 77.0 Å². The molecule has 396 valence electrons. The van der Waals surface area contributed by atoms with Gasteiger partial charge in [-0.3, -0.25) is 19.7 Å². The van der Waals surface area contributed by atoms with Crippen molar-refractivity contribution >= 4 is 53.4 Å². The van der Waals surface area contributed by atoms with E-state index in [1.165, 1.54) is 0 Å². The molecule has 1 fully saturated rings. The summed E-state index contributed by atoms with van der Waals surface area (Å²) >= 11 is 0. The van der Waals surface area contributed by atoms with E-state index >= 15 is 0 Å². The van der Waals surface area contributed by atoms with Gasteiger partial charge in [-0.25, -0.2) is 29.6 Å². The number of hydrogen-bond donors (Lipinski definition) is 5. The summed E-state index contributed by atoms with van der Waals surface area (Å²) < 4.78 is 28.8. The van der Waals surface area contributed by atoms with E-state index in [0.29, 0.717) is 52.4 Å². The van der Waals surface area contributed by atoms with Crippen LogP contribution in [0.25, 0.3) is 0 Å². The van der Waals surface area contributed by atoms with Crippen LogP contribution in [0.5, 0.6) is 11.5 Å². The summed E-state index contributed by atoms with van der Waals surface area (Å²) in [6.07, 6.45) is -1.64. The van der Waals surface area contributed by atoms with Crippen molar-refractivity contribution in [3.8, 4) is 11.5 Å². The zero-order valence-corrected chi connectivity index (χ0v) is 42.9. The lowest BCUT2D eigenvalue weighted by atomic mass is 9.77. The van der Waals surface area contributed by atoms with Crippen LogP contribution in [0.2, 0.25) is 0 Å². The molecule has 0 aromatic heterocycles. The number of benzene rings is 5. The van der Waals surface area contributed by atoms with Gasteiger partial charge in [-0.05, 0) is 87.8 Å². The van der Waals surface area contributed by atoms with E-state index in [1.54, 1.807) is 125 Å². The summed E-state index contributed by atoms with van der Waals surface area (Å²) in [6, 6.07) is 34.3. The van der Waals surface area contributed by atoms with Gasteiger partial charge in [-0.1, -0.05) is 111 Å². The van der Waals surface area contributed by atoms with E-state index in [4.69, 9.17) is 23.7 Å². The number of para-hydroxylation sites is 1. The van der Waals surface area contributed by atoms with Crippen LogP contribution >= 0.6 is 0 Å². The van der Waals surface area contributed by atoms with Gasteiger partial charge in [0.1, 0.15) is 42.4 Å². The molecule has 0 aliphatic carbocycles. The molecule has 0 radical (unpaired) electrons. The molecule has 1 saturated heterocycles. The van der Waals surface area contributed by atoms with Crippen molar-refractivity contribution in [2.45, 2.75) is 103 Å². The van der Waals surface area contributed by atoms with E-state index in [2.05, 4.69) is 31.7 Å².